The molecule has 176 valence electrons. The van der Waals surface area contributed by atoms with Gasteiger partial charge < -0.3 is 24.7 Å². The molecule has 3 aromatic rings. The number of benzene rings is 2. The molecular weight excluding hydrogens is 436 g/mol. The Bertz CT molecular complexity index is 1320. The van der Waals surface area contributed by atoms with Crippen LogP contribution in [-0.4, -0.2) is 61.6 Å². The molecule has 0 bridgehead atoms. The van der Waals surface area contributed by atoms with Crippen LogP contribution in [0.25, 0.3) is 10.9 Å². The molecule has 2 aliphatic rings. The Balaban J connectivity index is 1.58. The summed E-state index contributed by atoms with van der Waals surface area (Å²) >= 11 is 0. The van der Waals surface area contributed by atoms with Crippen molar-refractivity contribution in [1.29, 1.82) is 0 Å². The van der Waals surface area contributed by atoms with Gasteiger partial charge in [-0.1, -0.05) is 12.1 Å². The van der Waals surface area contributed by atoms with Crippen LogP contribution in [0.4, 0.5) is 10.5 Å². The smallest absolute Gasteiger partial charge is 0.332 e. The average Bonchev–Trinajstić information content (AvgIpc) is 3.32. The molecule has 2 aromatic carbocycles. The molecule has 2 aliphatic heterocycles. The van der Waals surface area contributed by atoms with Crippen LogP contribution in [0, 0.1) is 0 Å². The van der Waals surface area contributed by atoms with Gasteiger partial charge in [-0.2, -0.15) is 0 Å². The number of hydrogen-bond acceptors (Lipinski definition) is 5. The van der Waals surface area contributed by atoms with Crippen LogP contribution >= 0.6 is 0 Å². The summed E-state index contributed by atoms with van der Waals surface area (Å²) in [4.78, 5) is 46.4. The van der Waals surface area contributed by atoms with Gasteiger partial charge in [-0.05, 0) is 49.2 Å². The Morgan fingerprint density at radius 1 is 1.18 bits per heavy atom. The standard InChI is InChI=1S/C25H26N4O5/c1-25-21-16(18-14-15(34-3)8-9-19(18)27-21)10-12-28(25)24(32)29(23(25)31)20-7-5-4-6-17(20)22(30)26-11-13-33-2/h4-9,14,27H,10-13H2,1-3H3,(H,26,30). The summed E-state index contributed by atoms with van der Waals surface area (Å²) < 4.78 is 10.4. The average molecular weight is 463 g/mol. The molecule has 0 spiro atoms. The van der Waals surface area contributed by atoms with E-state index in [4.69, 9.17) is 9.47 Å². The lowest BCUT2D eigenvalue weighted by molar-refractivity contribution is -0.125. The number of aromatic nitrogens is 1. The van der Waals surface area contributed by atoms with Gasteiger partial charge in [0.1, 0.15) is 5.75 Å². The highest BCUT2D eigenvalue weighted by molar-refractivity contribution is 6.25. The van der Waals surface area contributed by atoms with Gasteiger partial charge in [-0.15, -0.1) is 0 Å². The van der Waals surface area contributed by atoms with Crippen LogP contribution < -0.4 is 15.0 Å². The van der Waals surface area contributed by atoms with Gasteiger partial charge in [-0.25, -0.2) is 9.69 Å². The SMILES string of the molecule is COCCNC(=O)c1ccccc1N1C(=O)N2CCc3c([nH]c4ccc(OC)cc34)C2(C)C1=O. The molecule has 3 heterocycles. The Morgan fingerprint density at radius 2 is 1.97 bits per heavy atom. The molecule has 9 nitrogen and oxygen atoms in total. The minimum Gasteiger partial charge on any atom is -0.497 e. The second kappa shape index (κ2) is 8.18. The minimum atomic E-state index is -1.21. The molecule has 5 rings (SSSR count). The number of nitrogens with one attached hydrogen (secondary N) is 2. The van der Waals surface area contributed by atoms with Gasteiger partial charge in [0.2, 0.25) is 0 Å². The number of ether oxygens (including phenoxy) is 2. The van der Waals surface area contributed by atoms with Crippen molar-refractivity contribution < 1.29 is 23.9 Å². The van der Waals surface area contributed by atoms with Crippen molar-refractivity contribution in [2.75, 3.05) is 38.8 Å². The fraction of sp³-hybridized carbons (Fsp3) is 0.320. The number of imide groups is 1. The van der Waals surface area contributed by atoms with Crippen LogP contribution in [0.3, 0.4) is 0 Å². The summed E-state index contributed by atoms with van der Waals surface area (Å²) in [6.45, 7) is 2.82. The maximum Gasteiger partial charge on any atom is 0.332 e. The zero-order valence-electron chi connectivity index (χ0n) is 19.3. The first-order valence-electron chi connectivity index (χ1n) is 11.1. The highest BCUT2D eigenvalue weighted by Gasteiger charge is 2.59. The Labute approximate surface area is 196 Å². The molecule has 34 heavy (non-hydrogen) atoms. The highest BCUT2D eigenvalue weighted by Crippen LogP contribution is 2.46. The number of amides is 4. The van der Waals surface area contributed by atoms with E-state index in [2.05, 4.69) is 10.3 Å². The van der Waals surface area contributed by atoms with E-state index < -0.39 is 17.5 Å². The first-order chi connectivity index (χ1) is 16.4. The van der Waals surface area contributed by atoms with E-state index >= 15 is 0 Å². The van der Waals surface area contributed by atoms with Gasteiger partial charge in [-0.3, -0.25) is 9.59 Å². The molecule has 0 radical (unpaired) electrons. The maximum atomic E-state index is 13.9. The predicted molar refractivity (Wildman–Crippen MR) is 126 cm³/mol. The van der Waals surface area contributed by atoms with Crippen LogP contribution in [0.2, 0.25) is 0 Å². The zero-order valence-corrected chi connectivity index (χ0v) is 19.3. The summed E-state index contributed by atoms with van der Waals surface area (Å²) in [6.07, 6.45) is 0.601. The molecule has 1 aromatic heterocycles. The zero-order chi connectivity index (χ0) is 24.0. The third kappa shape index (κ3) is 3.07. The summed E-state index contributed by atoms with van der Waals surface area (Å²) in [7, 11) is 3.16. The number of hydrogen-bond donors (Lipinski definition) is 2. The molecular formula is C25H26N4O5. The third-order valence-corrected chi connectivity index (χ3v) is 6.75. The van der Waals surface area contributed by atoms with Crippen molar-refractivity contribution in [1.82, 2.24) is 15.2 Å². The fourth-order valence-electron chi connectivity index (χ4n) is 4.98. The van der Waals surface area contributed by atoms with Crippen LogP contribution in [0.1, 0.15) is 28.5 Å². The van der Waals surface area contributed by atoms with E-state index in [1.54, 1.807) is 50.3 Å². The molecule has 1 unspecified atom stereocenters. The number of fused-ring (bicyclic) bond motifs is 5. The molecule has 1 saturated heterocycles. The lowest BCUT2D eigenvalue weighted by Crippen LogP contribution is -2.49. The molecule has 1 atom stereocenters. The molecule has 1 fully saturated rings. The number of anilines is 1. The number of carbonyl (C=O) groups is 3. The van der Waals surface area contributed by atoms with Crippen LogP contribution in [0.5, 0.6) is 5.75 Å². The summed E-state index contributed by atoms with van der Waals surface area (Å²) in [5.41, 5.74) is 1.89. The molecule has 9 heteroatoms. The first kappa shape index (κ1) is 22.0. The fourth-order valence-corrected chi connectivity index (χ4v) is 4.98. The monoisotopic (exact) mass is 462 g/mol. The minimum absolute atomic E-state index is 0.255. The Hall–Kier alpha value is -3.85. The van der Waals surface area contributed by atoms with E-state index in [0.29, 0.717) is 31.8 Å². The lowest BCUT2D eigenvalue weighted by atomic mass is 9.87. The number of methoxy groups -OCH3 is 2. The molecule has 0 aliphatic carbocycles. The highest BCUT2D eigenvalue weighted by atomic mass is 16.5. The number of urea groups is 1. The van der Waals surface area contributed by atoms with Gasteiger partial charge in [0.05, 0.1) is 30.7 Å². The predicted octanol–water partition coefficient (Wildman–Crippen LogP) is 2.79. The van der Waals surface area contributed by atoms with Crippen molar-refractivity contribution in [2.24, 2.45) is 0 Å². The summed E-state index contributed by atoms with van der Waals surface area (Å²) in [5.74, 6) is -0.0402. The normalized spacial score (nSPS) is 19.4. The third-order valence-electron chi connectivity index (χ3n) is 6.75. The second-order valence-electron chi connectivity index (χ2n) is 8.55. The Morgan fingerprint density at radius 3 is 2.74 bits per heavy atom. The lowest BCUT2D eigenvalue weighted by Gasteiger charge is -2.35. The van der Waals surface area contributed by atoms with Crippen LogP contribution in [0.15, 0.2) is 42.5 Å². The quantitative estimate of drug-likeness (QED) is 0.433. The number of para-hydroxylation sites is 1. The van der Waals surface area contributed by atoms with Crippen molar-refractivity contribution in [3.63, 3.8) is 0 Å². The van der Waals surface area contributed by atoms with Crippen molar-refractivity contribution in [3.8, 4) is 5.75 Å². The van der Waals surface area contributed by atoms with Gasteiger partial charge in [0.25, 0.3) is 11.8 Å². The van der Waals surface area contributed by atoms with Crippen molar-refractivity contribution in [2.45, 2.75) is 18.9 Å². The number of H-pyrrole nitrogens is 1. The number of aromatic amines is 1. The van der Waals surface area contributed by atoms with E-state index in [0.717, 1.165) is 27.1 Å². The van der Waals surface area contributed by atoms with Crippen LogP contribution in [-0.2, 0) is 21.5 Å². The van der Waals surface area contributed by atoms with E-state index in [9.17, 15) is 14.4 Å². The van der Waals surface area contributed by atoms with Gasteiger partial charge >= 0.3 is 6.03 Å². The first-order valence-corrected chi connectivity index (χ1v) is 11.1. The molecule has 4 amide bonds. The number of carbonyl (C=O) groups excluding carboxylic acids is 3. The molecule has 0 saturated carbocycles. The maximum absolute atomic E-state index is 13.9. The van der Waals surface area contributed by atoms with Gasteiger partial charge in [0, 0.05) is 31.1 Å². The number of nitrogens with zero attached hydrogens (tertiary/aromatic N) is 2. The number of rotatable bonds is 6. The Kier molecular flexibility index (Phi) is 5.28. The van der Waals surface area contributed by atoms with E-state index in [-0.39, 0.29) is 17.2 Å². The topological polar surface area (TPSA) is 104 Å². The van der Waals surface area contributed by atoms with E-state index in [1.807, 2.05) is 18.2 Å². The van der Waals surface area contributed by atoms with Gasteiger partial charge in [0.15, 0.2) is 5.54 Å². The summed E-state index contributed by atoms with van der Waals surface area (Å²) in [5, 5.41) is 3.74. The second-order valence-corrected chi connectivity index (χ2v) is 8.55. The van der Waals surface area contributed by atoms with Crippen molar-refractivity contribution >= 4 is 34.4 Å². The summed E-state index contributed by atoms with van der Waals surface area (Å²) in [6, 6.07) is 11.9. The van der Waals surface area contributed by atoms with Crippen molar-refractivity contribution in [3.05, 3.63) is 59.3 Å². The van der Waals surface area contributed by atoms with E-state index in [1.165, 1.54) is 0 Å². The molecule has 2 N–H and O–H groups in total. The largest absolute Gasteiger partial charge is 0.497 e.